The van der Waals surface area contributed by atoms with Crippen molar-refractivity contribution in [3.05, 3.63) is 72.1 Å². The van der Waals surface area contributed by atoms with Crippen molar-refractivity contribution in [3.8, 4) is 11.4 Å². The second-order valence-corrected chi connectivity index (χ2v) is 5.33. The summed E-state index contributed by atoms with van der Waals surface area (Å²) >= 11 is 0. The van der Waals surface area contributed by atoms with E-state index in [1.54, 1.807) is 24.3 Å². The molecule has 0 amide bonds. The van der Waals surface area contributed by atoms with E-state index in [1.165, 1.54) is 0 Å². The van der Waals surface area contributed by atoms with E-state index in [4.69, 9.17) is 9.26 Å². The van der Waals surface area contributed by atoms with Crippen LogP contribution in [0.5, 0.6) is 0 Å². The number of esters is 1. The standard InChI is InChI=1S/C19H16N2O4/c22-16(14-7-3-1-4-8-14)11-12-18(23)24-13-17-20-19(21-25-17)15-9-5-2-6-10-15/h1-10H,11-13H2. The second kappa shape index (κ2) is 8.01. The number of ketones is 1. The molecule has 0 fully saturated rings. The summed E-state index contributed by atoms with van der Waals surface area (Å²) in [4.78, 5) is 27.9. The molecule has 0 atom stereocenters. The first-order valence-corrected chi connectivity index (χ1v) is 7.84. The summed E-state index contributed by atoms with van der Waals surface area (Å²) in [5.74, 6) is 0.0675. The van der Waals surface area contributed by atoms with Crippen LogP contribution in [-0.2, 0) is 16.1 Å². The molecular weight excluding hydrogens is 320 g/mol. The molecular formula is C19H16N2O4. The quantitative estimate of drug-likeness (QED) is 0.485. The Labute approximate surface area is 144 Å². The number of rotatable bonds is 7. The molecule has 1 aromatic heterocycles. The highest BCUT2D eigenvalue weighted by molar-refractivity contribution is 5.97. The predicted molar refractivity (Wildman–Crippen MR) is 89.5 cm³/mol. The fourth-order valence-corrected chi connectivity index (χ4v) is 2.22. The molecule has 3 rings (SSSR count). The van der Waals surface area contributed by atoms with Gasteiger partial charge in [-0.25, -0.2) is 0 Å². The van der Waals surface area contributed by atoms with E-state index in [9.17, 15) is 9.59 Å². The van der Waals surface area contributed by atoms with Crippen molar-refractivity contribution in [2.75, 3.05) is 0 Å². The van der Waals surface area contributed by atoms with Crippen molar-refractivity contribution in [2.24, 2.45) is 0 Å². The normalized spacial score (nSPS) is 10.4. The van der Waals surface area contributed by atoms with Crippen LogP contribution in [0.2, 0.25) is 0 Å². The highest BCUT2D eigenvalue weighted by Crippen LogP contribution is 2.15. The van der Waals surface area contributed by atoms with Crippen LogP contribution in [-0.4, -0.2) is 21.9 Å². The maximum absolute atomic E-state index is 11.9. The van der Waals surface area contributed by atoms with Crippen LogP contribution in [0.1, 0.15) is 29.1 Å². The highest BCUT2D eigenvalue weighted by atomic mass is 16.6. The molecule has 0 aliphatic carbocycles. The summed E-state index contributed by atoms with van der Waals surface area (Å²) < 4.78 is 10.1. The summed E-state index contributed by atoms with van der Waals surface area (Å²) in [6, 6.07) is 18.2. The van der Waals surface area contributed by atoms with Crippen molar-refractivity contribution in [1.29, 1.82) is 0 Å². The summed E-state index contributed by atoms with van der Waals surface area (Å²) in [5.41, 5.74) is 1.40. The van der Waals surface area contributed by atoms with Crippen molar-refractivity contribution in [2.45, 2.75) is 19.4 Å². The molecule has 0 unspecified atom stereocenters. The number of carbonyl (C=O) groups is 2. The van der Waals surface area contributed by atoms with Gasteiger partial charge in [0.25, 0.3) is 5.89 Å². The van der Waals surface area contributed by atoms with Gasteiger partial charge in [-0.1, -0.05) is 65.8 Å². The summed E-state index contributed by atoms with van der Waals surface area (Å²) in [7, 11) is 0. The molecule has 0 spiro atoms. The van der Waals surface area contributed by atoms with Gasteiger partial charge >= 0.3 is 5.97 Å². The lowest BCUT2D eigenvalue weighted by Crippen LogP contribution is -2.08. The Hall–Kier alpha value is -3.28. The molecule has 3 aromatic rings. The third-order valence-corrected chi connectivity index (χ3v) is 3.51. The SMILES string of the molecule is O=C(CCC(=O)c1ccccc1)OCc1nc(-c2ccccc2)no1. The van der Waals surface area contributed by atoms with Crippen molar-refractivity contribution >= 4 is 11.8 Å². The average molecular weight is 336 g/mol. The van der Waals surface area contributed by atoms with Crippen LogP contribution < -0.4 is 0 Å². The molecule has 0 aliphatic heterocycles. The summed E-state index contributed by atoms with van der Waals surface area (Å²) in [5, 5.41) is 3.85. The Balaban J connectivity index is 1.47. The largest absolute Gasteiger partial charge is 0.456 e. The number of Topliss-reactive ketones (excluding diaryl/α,β-unsaturated/α-hetero) is 1. The first-order valence-electron chi connectivity index (χ1n) is 7.84. The van der Waals surface area contributed by atoms with Crippen LogP contribution in [0.4, 0.5) is 0 Å². The van der Waals surface area contributed by atoms with E-state index in [1.807, 2.05) is 36.4 Å². The van der Waals surface area contributed by atoms with Gasteiger partial charge in [0.15, 0.2) is 12.4 Å². The third-order valence-electron chi connectivity index (χ3n) is 3.51. The van der Waals surface area contributed by atoms with Crippen molar-refractivity contribution in [1.82, 2.24) is 10.1 Å². The average Bonchev–Trinajstić information content (AvgIpc) is 3.15. The maximum Gasteiger partial charge on any atom is 0.306 e. The molecule has 0 bridgehead atoms. The van der Waals surface area contributed by atoms with E-state index in [2.05, 4.69) is 10.1 Å². The Morgan fingerprint density at radius 2 is 1.60 bits per heavy atom. The zero-order valence-electron chi connectivity index (χ0n) is 13.4. The number of hydrogen-bond acceptors (Lipinski definition) is 6. The van der Waals surface area contributed by atoms with Gasteiger partial charge in [0.1, 0.15) is 0 Å². The molecule has 0 saturated carbocycles. The molecule has 0 saturated heterocycles. The van der Waals surface area contributed by atoms with Gasteiger partial charge in [-0.3, -0.25) is 9.59 Å². The van der Waals surface area contributed by atoms with E-state index < -0.39 is 5.97 Å². The lowest BCUT2D eigenvalue weighted by atomic mass is 10.1. The fourth-order valence-electron chi connectivity index (χ4n) is 2.22. The Bertz CT molecular complexity index is 844. The molecule has 0 radical (unpaired) electrons. The first kappa shape index (κ1) is 16.6. The van der Waals surface area contributed by atoms with E-state index in [0.717, 1.165) is 5.56 Å². The van der Waals surface area contributed by atoms with Crippen LogP contribution in [0, 0.1) is 0 Å². The number of benzene rings is 2. The van der Waals surface area contributed by atoms with Gasteiger partial charge in [0.2, 0.25) is 5.82 Å². The van der Waals surface area contributed by atoms with Gasteiger partial charge in [-0.2, -0.15) is 4.98 Å². The summed E-state index contributed by atoms with van der Waals surface area (Å²) in [6.45, 7) is -0.113. The lowest BCUT2D eigenvalue weighted by molar-refractivity contribution is -0.145. The molecule has 25 heavy (non-hydrogen) atoms. The molecule has 2 aromatic carbocycles. The zero-order chi connectivity index (χ0) is 17.5. The number of hydrogen-bond donors (Lipinski definition) is 0. The molecule has 0 N–H and O–H groups in total. The molecule has 1 heterocycles. The minimum atomic E-state index is -0.483. The van der Waals surface area contributed by atoms with E-state index in [-0.39, 0.29) is 31.1 Å². The molecule has 6 nitrogen and oxygen atoms in total. The Morgan fingerprint density at radius 3 is 2.32 bits per heavy atom. The van der Waals surface area contributed by atoms with E-state index >= 15 is 0 Å². The zero-order valence-corrected chi connectivity index (χ0v) is 13.4. The Morgan fingerprint density at radius 1 is 0.920 bits per heavy atom. The number of aromatic nitrogens is 2. The molecule has 6 heteroatoms. The van der Waals surface area contributed by atoms with Crippen LogP contribution >= 0.6 is 0 Å². The first-order chi connectivity index (χ1) is 12.2. The predicted octanol–water partition coefficient (Wildman–Crippen LogP) is 3.44. The van der Waals surface area contributed by atoms with Gasteiger partial charge in [0.05, 0.1) is 6.42 Å². The third kappa shape index (κ3) is 4.60. The minimum Gasteiger partial charge on any atom is -0.456 e. The second-order valence-electron chi connectivity index (χ2n) is 5.33. The fraction of sp³-hybridized carbons (Fsp3) is 0.158. The highest BCUT2D eigenvalue weighted by Gasteiger charge is 2.13. The molecule has 126 valence electrons. The van der Waals surface area contributed by atoms with Gasteiger partial charge in [0, 0.05) is 17.5 Å². The molecule has 0 aliphatic rings. The van der Waals surface area contributed by atoms with Crippen LogP contribution in [0.25, 0.3) is 11.4 Å². The van der Waals surface area contributed by atoms with Crippen LogP contribution in [0.15, 0.2) is 65.2 Å². The number of ether oxygens (including phenoxy) is 1. The van der Waals surface area contributed by atoms with Crippen LogP contribution in [0.3, 0.4) is 0 Å². The van der Waals surface area contributed by atoms with Gasteiger partial charge in [-0.05, 0) is 0 Å². The summed E-state index contributed by atoms with van der Waals surface area (Å²) in [6.07, 6.45) is 0.107. The number of carbonyl (C=O) groups excluding carboxylic acids is 2. The Kier molecular flexibility index (Phi) is 5.31. The van der Waals surface area contributed by atoms with Crippen molar-refractivity contribution < 1.29 is 18.8 Å². The lowest BCUT2D eigenvalue weighted by Gasteiger charge is -2.02. The minimum absolute atomic E-state index is 0.00735. The topological polar surface area (TPSA) is 82.3 Å². The number of nitrogens with zero attached hydrogens (tertiary/aromatic N) is 2. The van der Waals surface area contributed by atoms with Crippen molar-refractivity contribution in [3.63, 3.8) is 0 Å². The maximum atomic E-state index is 11.9. The van der Waals surface area contributed by atoms with E-state index in [0.29, 0.717) is 11.4 Å². The van der Waals surface area contributed by atoms with Gasteiger partial charge in [-0.15, -0.1) is 0 Å². The smallest absolute Gasteiger partial charge is 0.306 e. The van der Waals surface area contributed by atoms with Gasteiger partial charge < -0.3 is 9.26 Å². The monoisotopic (exact) mass is 336 g/mol.